The molecule has 1 saturated heterocycles. The van der Waals surface area contributed by atoms with Gasteiger partial charge in [0.1, 0.15) is 0 Å². The fourth-order valence-electron chi connectivity index (χ4n) is 3.77. The van der Waals surface area contributed by atoms with Gasteiger partial charge < -0.3 is 14.9 Å². The standard InChI is InChI=1S/C21H25NO6S/c1-14-3-9-18(10-4-14)29(26,27)22-11-17(13-23)20(19(24)12-22)15-5-7-16(8-6-15)21(25)28-2/h3-10,17,19-20,23-24H,11-13H2,1-2H3. The van der Waals surface area contributed by atoms with Crippen LogP contribution in [0.3, 0.4) is 0 Å². The number of carbonyl (C=O) groups excluding carboxylic acids is 1. The van der Waals surface area contributed by atoms with Crippen molar-refractivity contribution in [2.24, 2.45) is 5.92 Å². The molecule has 0 bridgehead atoms. The molecule has 0 saturated carbocycles. The van der Waals surface area contributed by atoms with Crippen LogP contribution >= 0.6 is 0 Å². The number of sulfonamides is 1. The highest BCUT2D eigenvalue weighted by atomic mass is 32.2. The smallest absolute Gasteiger partial charge is 0.337 e. The molecule has 2 aromatic carbocycles. The molecule has 3 atom stereocenters. The minimum atomic E-state index is -3.78. The zero-order chi connectivity index (χ0) is 21.2. The molecule has 0 aliphatic carbocycles. The van der Waals surface area contributed by atoms with E-state index in [0.717, 1.165) is 11.1 Å². The van der Waals surface area contributed by atoms with Crippen molar-refractivity contribution in [2.45, 2.75) is 23.8 Å². The summed E-state index contributed by atoms with van der Waals surface area (Å²) in [6, 6.07) is 13.1. The Morgan fingerprint density at radius 1 is 1.10 bits per heavy atom. The number of esters is 1. The van der Waals surface area contributed by atoms with E-state index in [9.17, 15) is 23.4 Å². The van der Waals surface area contributed by atoms with Gasteiger partial charge in [0.25, 0.3) is 0 Å². The lowest BCUT2D eigenvalue weighted by Gasteiger charge is -2.40. The fourth-order valence-corrected chi connectivity index (χ4v) is 5.28. The van der Waals surface area contributed by atoms with Gasteiger partial charge in [-0.2, -0.15) is 4.31 Å². The van der Waals surface area contributed by atoms with Crippen molar-refractivity contribution in [1.82, 2.24) is 4.31 Å². The molecule has 0 amide bonds. The van der Waals surface area contributed by atoms with Crippen LogP contribution in [0.1, 0.15) is 27.4 Å². The van der Waals surface area contributed by atoms with Gasteiger partial charge in [0, 0.05) is 31.5 Å². The molecule has 29 heavy (non-hydrogen) atoms. The van der Waals surface area contributed by atoms with E-state index in [1.165, 1.54) is 11.4 Å². The van der Waals surface area contributed by atoms with E-state index in [4.69, 9.17) is 0 Å². The lowest BCUT2D eigenvalue weighted by Crippen LogP contribution is -2.51. The number of aliphatic hydroxyl groups is 2. The number of hydrogen-bond donors (Lipinski definition) is 2. The van der Waals surface area contributed by atoms with Crippen LogP contribution in [0.4, 0.5) is 0 Å². The highest BCUT2D eigenvalue weighted by molar-refractivity contribution is 7.89. The molecule has 0 aromatic heterocycles. The van der Waals surface area contributed by atoms with Crippen LogP contribution < -0.4 is 0 Å². The Kier molecular flexibility index (Phi) is 6.38. The summed E-state index contributed by atoms with van der Waals surface area (Å²) in [6.45, 7) is 1.61. The molecule has 2 aromatic rings. The van der Waals surface area contributed by atoms with Gasteiger partial charge in [0.15, 0.2) is 0 Å². The summed E-state index contributed by atoms with van der Waals surface area (Å²) in [7, 11) is -2.48. The maximum atomic E-state index is 13.0. The number of aliphatic hydroxyl groups excluding tert-OH is 2. The van der Waals surface area contributed by atoms with Crippen LogP contribution in [0.15, 0.2) is 53.4 Å². The second-order valence-electron chi connectivity index (χ2n) is 7.28. The predicted octanol–water partition coefficient (Wildman–Crippen LogP) is 1.54. The van der Waals surface area contributed by atoms with Crippen LogP contribution in [0, 0.1) is 12.8 Å². The predicted molar refractivity (Wildman–Crippen MR) is 107 cm³/mol. The summed E-state index contributed by atoms with van der Waals surface area (Å²) in [5.74, 6) is -1.39. The number of ether oxygens (including phenoxy) is 1. The summed E-state index contributed by atoms with van der Waals surface area (Å²) in [5, 5.41) is 20.7. The number of methoxy groups -OCH3 is 1. The largest absolute Gasteiger partial charge is 0.465 e. The third kappa shape index (κ3) is 4.35. The first-order valence-corrected chi connectivity index (χ1v) is 10.8. The van der Waals surface area contributed by atoms with Gasteiger partial charge in [-0.05, 0) is 36.8 Å². The van der Waals surface area contributed by atoms with Gasteiger partial charge in [-0.1, -0.05) is 29.8 Å². The number of carbonyl (C=O) groups is 1. The van der Waals surface area contributed by atoms with Crippen molar-refractivity contribution in [3.8, 4) is 0 Å². The third-order valence-corrected chi connectivity index (χ3v) is 7.21. The zero-order valence-electron chi connectivity index (χ0n) is 16.4. The number of piperidine rings is 1. The molecule has 1 heterocycles. The Bertz CT molecular complexity index is 956. The lowest BCUT2D eigenvalue weighted by molar-refractivity contribution is 0.0299. The van der Waals surface area contributed by atoms with Crippen molar-refractivity contribution >= 4 is 16.0 Å². The average Bonchev–Trinajstić information content (AvgIpc) is 2.73. The molecule has 0 radical (unpaired) electrons. The topological polar surface area (TPSA) is 104 Å². The molecule has 0 spiro atoms. The minimum Gasteiger partial charge on any atom is -0.465 e. The van der Waals surface area contributed by atoms with Crippen LogP contribution in [0.2, 0.25) is 0 Å². The first kappa shape index (κ1) is 21.4. The molecule has 8 heteroatoms. The van der Waals surface area contributed by atoms with E-state index in [2.05, 4.69) is 4.74 Å². The summed E-state index contributed by atoms with van der Waals surface area (Å²) >= 11 is 0. The molecule has 156 valence electrons. The monoisotopic (exact) mass is 419 g/mol. The first-order valence-electron chi connectivity index (χ1n) is 9.32. The molecule has 1 fully saturated rings. The summed E-state index contributed by atoms with van der Waals surface area (Å²) in [5.41, 5.74) is 2.06. The van der Waals surface area contributed by atoms with Crippen molar-refractivity contribution < 1.29 is 28.2 Å². The van der Waals surface area contributed by atoms with Crippen LogP contribution in [0.25, 0.3) is 0 Å². The fraction of sp³-hybridized carbons (Fsp3) is 0.381. The maximum absolute atomic E-state index is 13.0. The Morgan fingerprint density at radius 2 is 1.72 bits per heavy atom. The molecule has 3 rings (SSSR count). The van der Waals surface area contributed by atoms with Gasteiger partial charge in [0.05, 0.1) is 23.7 Å². The maximum Gasteiger partial charge on any atom is 0.337 e. The van der Waals surface area contributed by atoms with Crippen molar-refractivity contribution in [2.75, 3.05) is 26.8 Å². The van der Waals surface area contributed by atoms with E-state index in [1.807, 2.05) is 6.92 Å². The molecular weight excluding hydrogens is 394 g/mol. The van der Waals surface area contributed by atoms with E-state index in [0.29, 0.717) is 5.56 Å². The Hall–Kier alpha value is -2.26. The van der Waals surface area contributed by atoms with Gasteiger partial charge >= 0.3 is 5.97 Å². The van der Waals surface area contributed by atoms with Crippen LogP contribution in [0.5, 0.6) is 0 Å². The summed E-state index contributed by atoms with van der Waals surface area (Å²) < 4.78 is 31.9. The lowest BCUT2D eigenvalue weighted by atomic mass is 9.79. The van der Waals surface area contributed by atoms with E-state index in [-0.39, 0.29) is 24.6 Å². The summed E-state index contributed by atoms with van der Waals surface area (Å²) in [6.07, 6.45) is -0.995. The molecular formula is C21H25NO6S. The van der Waals surface area contributed by atoms with Gasteiger partial charge in [-0.15, -0.1) is 0 Å². The van der Waals surface area contributed by atoms with E-state index < -0.39 is 33.9 Å². The molecule has 2 N–H and O–H groups in total. The quantitative estimate of drug-likeness (QED) is 0.713. The number of aryl methyl sites for hydroxylation is 1. The van der Waals surface area contributed by atoms with E-state index in [1.54, 1.807) is 48.5 Å². The SMILES string of the molecule is COC(=O)c1ccc(C2C(O)CN(S(=O)(=O)c3ccc(C)cc3)CC2CO)cc1. The van der Waals surface area contributed by atoms with Gasteiger partial charge in [0.2, 0.25) is 10.0 Å². The normalized spacial score (nSPS) is 23.0. The zero-order valence-corrected chi connectivity index (χ0v) is 17.2. The van der Waals surface area contributed by atoms with Gasteiger partial charge in [-0.3, -0.25) is 0 Å². The molecule has 1 aliphatic rings. The molecule has 1 aliphatic heterocycles. The highest BCUT2D eigenvalue weighted by Crippen LogP contribution is 2.35. The number of rotatable bonds is 5. The highest BCUT2D eigenvalue weighted by Gasteiger charge is 2.41. The summed E-state index contributed by atoms with van der Waals surface area (Å²) in [4.78, 5) is 11.8. The number of hydrogen-bond acceptors (Lipinski definition) is 6. The second kappa shape index (κ2) is 8.62. The van der Waals surface area contributed by atoms with Crippen LogP contribution in [-0.4, -0.2) is 61.8 Å². The second-order valence-corrected chi connectivity index (χ2v) is 9.22. The molecule has 3 unspecified atom stereocenters. The number of benzene rings is 2. The third-order valence-electron chi connectivity index (χ3n) is 5.36. The molecule has 7 nitrogen and oxygen atoms in total. The van der Waals surface area contributed by atoms with Gasteiger partial charge in [-0.25, -0.2) is 13.2 Å². The van der Waals surface area contributed by atoms with Crippen molar-refractivity contribution in [3.05, 3.63) is 65.2 Å². The van der Waals surface area contributed by atoms with Crippen molar-refractivity contribution in [1.29, 1.82) is 0 Å². The van der Waals surface area contributed by atoms with Crippen LogP contribution in [-0.2, 0) is 14.8 Å². The Morgan fingerprint density at radius 3 is 2.28 bits per heavy atom. The first-order chi connectivity index (χ1) is 13.8. The number of β-amino-alcohol motifs (C(OH)–C–C–N with tert-alkyl or cyclic N) is 1. The number of nitrogens with zero attached hydrogens (tertiary/aromatic N) is 1. The average molecular weight is 419 g/mol. The van der Waals surface area contributed by atoms with Crippen molar-refractivity contribution in [3.63, 3.8) is 0 Å². The minimum absolute atomic E-state index is 0.0733. The Balaban J connectivity index is 1.85. The Labute approximate surface area is 170 Å². The van der Waals surface area contributed by atoms with E-state index >= 15 is 0 Å².